The second-order valence-electron chi connectivity index (χ2n) is 6.30. The van der Waals surface area contributed by atoms with Crippen molar-refractivity contribution >= 4 is 17.5 Å². The van der Waals surface area contributed by atoms with Gasteiger partial charge < -0.3 is 5.32 Å². The largest absolute Gasteiger partial charge is 0.317 e. The number of hydrogen-bond acceptors (Lipinski definition) is 3. The summed E-state index contributed by atoms with van der Waals surface area (Å²) in [5.41, 5.74) is 2.32. The van der Waals surface area contributed by atoms with E-state index in [1.165, 1.54) is 31.4 Å². The highest BCUT2D eigenvalue weighted by molar-refractivity contribution is 6.10. The number of aryl methyl sites for hydroxylation is 1. The Morgan fingerprint density at radius 3 is 2.36 bits per heavy atom. The highest BCUT2D eigenvalue weighted by Crippen LogP contribution is 2.31. The molecule has 0 spiro atoms. The van der Waals surface area contributed by atoms with Crippen molar-refractivity contribution < 1.29 is 27.3 Å². The van der Waals surface area contributed by atoms with Crippen molar-refractivity contribution in [2.24, 2.45) is 0 Å². The molecule has 0 unspecified atom stereocenters. The van der Waals surface area contributed by atoms with Crippen LogP contribution in [0.2, 0.25) is 0 Å². The molecule has 2 amide bonds. The monoisotopic (exact) mass is 389 g/mol. The van der Waals surface area contributed by atoms with Crippen molar-refractivity contribution in [3.63, 3.8) is 0 Å². The molecule has 0 atom stereocenters. The van der Waals surface area contributed by atoms with E-state index < -0.39 is 36.0 Å². The standard InChI is InChI=1S/C21H20F2N2O3/c1-12-5-3-6-13(9-12)14-10-17(22)19(18(23)11-14)24-20(26)15-7-4-8-16(15)21(27)25-28-2/h3,5-6,9-11H,4,7-8H2,1-2H3,(H,24,26)(H,25,27)/i1D3. The topological polar surface area (TPSA) is 67.4 Å². The molecule has 2 aromatic carbocycles. The fourth-order valence-corrected chi connectivity index (χ4v) is 3.15. The van der Waals surface area contributed by atoms with Crippen molar-refractivity contribution in [1.29, 1.82) is 0 Å². The Bertz CT molecular complexity index is 1050. The summed E-state index contributed by atoms with van der Waals surface area (Å²) >= 11 is 0. The lowest BCUT2D eigenvalue weighted by Gasteiger charge is -2.12. The lowest BCUT2D eigenvalue weighted by atomic mass is 10.0. The summed E-state index contributed by atoms with van der Waals surface area (Å²) in [6.07, 6.45) is 1.20. The van der Waals surface area contributed by atoms with Gasteiger partial charge in [-0.05, 0) is 49.4 Å². The molecule has 3 rings (SSSR count). The molecule has 0 heterocycles. The first kappa shape index (κ1) is 15.9. The van der Waals surface area contributed by atoms with Gasteiger partial charge in [-0.2, -0.15) is 0 Å². The van der Waals surface area contributed by atoms with Crippen LogP contribution in [0.15, 0.2) is 47.5 Å². The number of anilines is 1. The first-order valence-corrected chi connectivity index (χ1v) is 8.58. The van der Waals surface area contributed by atoms with Crippen LogP contribution in [0.25, 0.3) is 11.1 Å². The maximum absolute atomic E-state index is 14.7. The summed E-state index contributed by atoms with van der Waals surface area (Å²) in [5.74, 6) is -3.39. The van der Waals surface area contributed by atoms with Crippen LogP contribution in [-0.2, 0) is 14.4 Å². The maximum atomic E-state index is 14.7. The van der Waals surface area contributed by atoms with Gasteiger partial charge in [-0.3, -0.25) is 14.4 Å². The number of hydroxylamine groups is 1. The van der Waals surface area contributed by atoms with E-state index in [1.807, 2.05) is 0 Å². The van der Waals surface area contributed by atoms with Crippen LogP contribution in [0, 0.1) is 18.5 Å². The zero-order valence-corrected chi connectivity index (χ0v) is 15.1. The second-order valence-corrected chi connectivity index (χ2v) is 6.30. The second kappa shape index (κ2) is 8.31. The molecule has 146 valence electrons. The van der Waals surface area contributed by atoms with E-state index in [4.69, 9.17) is 4.11 Å². The number of rotatable bonds is 5. The predicted molar refractivity (Wildman–Crippen MR) is 101 cm³/mol. The Kier molecular flexibility index (Phi) is 4.73. The molecule has 2 aromatic rings. The van der Waals surface area contributed by atoms with E-state index in [2.05, 4.69) is 15.6 Å². The number of carbonyl (C=O) groups is 2. The molecule has 0 aromatic heterocycles. The third kappa shape index (κ3) is 4.09. The van der Waals surface area contributed by atoms with E-state index in [1.54, 1.807) is 0 Å². The minimum atomic E-state index is -2.36. The molecule has 1 aliphatic carbocycles. The quantitative estimate of drug-likeness (QED) is 0.759. The van der Waals surface area contributed by atoms with Crippen molar-refractivity contribution in [3.8, 4) is 11.1 Å². The number of carbonyl (C=O) groups excluding carboxylic acids is 2. The van der Waals surface area contributed by atoms with E-state index in [9.17, 15) is 18.4 Å². The molecular formula is C21H20F2N2O3. The smallest absolute Gasteiger partial charge is 0.271 e. The molecular weight excluding hydrogens is 366 g/mol. The molecule has 5 nitrogen and oxygen atoms in total. The Balaban J connectivity index is 1.89. The zero-order chi connectivity index (χ0) is 22.8. The van der Waals surface area contributed by atoms with Gasteiger partial charge in [0.1, 0.15) is 17.3 Å². The molecule has 0 saturated carbocycles. The number of halogens is 2. The molecule has 0 saturated heterocycles. The minimum Gasteiger partial charge on any atom is -0.317 e. The lowest BCUT2D eigenvalue weighted by molar-refractivity contribution is -0.127. The van der Waals surface area contributed by atoms with Gasteiger partial charge >= 0.3 is 0 Å². The van der Waals surface area contributed by atoms with Crippen LogP contribution >= 0.6 is 0 Å². The van der Waals surface area contributed by atoms with E-state index >= 15 is 0 Å². The Morgan fingerprint density at radius 2 is 1.71 bits per heavy atom. The Morgan fingerprint density at radius 1 is 1.04 bits per heavy atom. The van der Waals surface area contributed by atoms with E-state index in [0.717, 1.165) is 12.1 Å². The van der Waals surface area contributed by atoms with Crippen LogP contribution in [0.5, 0.6) is 0 Å². The van der Waals surface area contributed by atoms with Gasteiger partial charge in [0.15, 0.2) is 0 Å². The average molecular weight is 389 g/mol. The fraction of sp³-hybridized carbons (Fsp3) is 0.238. The SMILES string of the molecule is [2H]C([2H])([2H])c1cccc(-c2cc(F)c(NC(=O)C3=C(C(=O)NOC)CCC3)c(F)c2)c1. The van der Waals surface area contributed by atoms with Gasteiger partial charge in [-0.15, -0.1) is 0 Å². The molecule has 0 aliphatic heterocycles. The summed E-state index contributed by atoms with van der Waals surface area (Å²) in [5, 5.41) is 2.20. The first-order valence-electron chi connectivity index (χ1n) is 10.1. The number of hydrogen-bond donors (Lipinski definition) is 2. The molecule has 2 N–H and O–H groups in total. The molecule has 0 fully saturated rings. The van der Waals surface area contributed by atoms with Crippen molar-refractivity contribution in [1.82, 2.24) is 5.48 Å². The highest BCUT2D eigenvalue weighted by Gasteiger charge is 2.27. The summed E-state index contributed by atoms with van der Waals surface area (Å²) in [6, 6.07) is 7.79. The molecule has 0 bridgehead atoms. The van der Waals surface area contributed by atoms with Crippen LogP contribution in [0.4, 0.5) is 14.5 Å². The summed E-state index contributed by atoms with van der Waals surface area (Å²) < 4.78 is 51.8. The Labute approximate surface area is 165 Å². The Hall–Kier alpha value is -3.06. The third-order valence-corrected chi connectivity index (χ3v) is 4.44. The molecule has 0 radical (unpaired) electrons. The van der Waals surface area contributed by atoms with Gasteiger partial charge in [0.25, 0.3) is 11.8 Å². The lowest BCUT2D eigenvalue weighted by Crippen LogP contribution is -2.26. The van der Waals surface area contributed by atoms with Gasteiger partial charge in [-0.1, -0.05) is 29.8 Å². The predicted octanol–water partition coefficient (Wildman–Crippen LogP) is 4.04. The fourth-order valence-electron chi connectivity index (χ4n) is 3.15. The third-order valence-electron chi connectivity index (χ3n) is 4.44. The van der Waals surface area contributed by atoms with Crippen molar-refractivity contribution in [2.45, 2.75) is 26.1 Å². The van der Waals surface area contributed by atoms with Crippen molar-refractivity contribution in [3.05, 3.63) is 64.7 Å². The van der Waals surface area contributed by atoms with E-state index in [-0.39, 0.29) is 22.3 Å². The molecule has 7 heteroatoms. The first-order chi connectivity index (χ1) is 14.6. The van der Waals surface area contributed by atoms with Crippen LogP contribution in [-0.4, -0.2) is 18.9 Å². The van der Waals surface area contributed by atoms with Crippen LogP contribution < -0.4 is 10.8 Å². The molecule has 28 heavy (non-hydrogen) atoms. The number of amides is 2. The van der Waals surface area contributed by atoms with Crippen LogP contribution in [0.1, 0.15) is 28.9 Å². The number of benzene rings is 2. The van der Waals surface area contributed by atoms with Crippen LogP contribution in [0.3, 0.4) is 0 Å². The highest BCUT2D eigenvalue weighted by atomic mass is 19.1. The molecule has 1 aliphatic rings. The minimum absolute atomic E-state index is 0.0400. The zero-order valence-electron chi connectivity index (χ0n) is 18.1. The van der Waals surface area contributed by atoms with Gasteiger partial charge in [0, 0.05) is 15.3 Å². The maximum Gasteiger partial charge on any atom is 0.271 e. The normalized spacial score (nSPS) is 15.6. The summed E-state index contributed by atoms with van der Waals surface area (Å²) in [4.78, 5) is 29.1. The summed E-state index contributed by atoms with van der Waals surface area (Å²) in [7, 11) is 1.26. The number of nitrogens with one attached hydrogen (secondary N) is 2. The van der Waals surface area contributed by atoms with Gasteiger partial charge in [0.2, 0.25) is 0 Å². The van der Waals surface area contributed by atoms with Crippen molar-refractivity contribution in [2.75, 3.05) is 12.4 Å². The van der Waals surface area contributed by atoms with Gasteiger partial charge in [0.05, 0.1) is 7.11 Å². The van der Waals surface area contributed by atoms with E-state index in [0.29, 0.717) is 24.8 Å². The summed E-state index contributed by atoms with van der Waals surface area (Å²) in [6.45, 7) is -2.36. The average Bonchev–Trinajstić information content (AvgIpc) is 3.20. The van der Waals surface area contributed by atoms with Gasteiger partial charge in [-0.25, -0.2) is 14.3 Å².